The number of likely N-dealkylation sites (tertiary alicyclic amines) is 1. The number of alkyl halides is 3. The topological polar surface area (TPSA) is 84.9 Å². The normalized spacial score (nSPS) is 34.1. The molecule has 3 heterocycles. The van der Waals surface area contributed by atoms with Gasteiger partial charge in [0, 0.05) is 48.4 Å². The Labute approximate surface area is 244 Å². The Morgan fingerprint density at radius 3 is 2.50 bits per heavy atom. The number of aryl methyl sites for hydroxylation is 2. The minimum atomic E-state index is -5.80. The molecule has 0 amide bonds. The van der Waals surface area contributed by atoms with Crippen LogP contribution in [-0.4, -0.2) is 72.7 Å². The molecule has 5 unspecified atom stereocenters. The summed E-state index contributed by atoms with van der Waals surface area (Å²) in [5.74, 6) is 1.03. The Kier molecular flexibility index (Phi) is 6.26. The fraction of sp³-hybridized carbons (Fsp3) is 0.667. The van der Waals surface area contributed by atoms with Crippen molar-refractivity contribution < 1.29 is 30.5 Å². The zero-order chi connectivity index (χ0) is 29.8. The van der Waals surface area contributed by atoms with Crippen molar-refractivity contribution in [2.45, 2.75) is 94.0 Å². The van der Waals surface area contributed by atoms with Gasteiger partial charge in [-0.3, -0.25) is 4.90 Å². The predicted molar refractivity (Wildman–Crippen MR) is 150 cm³/mol. The van der Waals surface area contributed by atoms with Crippen molar-refractivity contribution in [3.8, 4) is 5.75 Å². The number of halogens is 3. The van der Waals surface area contributed by atoms with Crippen molar-refractivity contribution in [2.24, 2.45) is 11.8 Å². The van der Waals surface area contributed by atoms with E-state index in [-0.39, 0.29) is 29.9 Å². The lowest BCUT2D eigenvalue weighted by molar-refractivity contribution is -0.157. The van der Waals surface area contributed by atoms with Crippen molar-refractivity contribution in [1.29, 1.82) is 0 Å². The smallest absolute Gasteiger partial charge is 0.376 e. The summed E-state index contributed by atoms with van der Waals surface area (Å²) >= 11 is 0. The molecule has 3 aliphatic carbocycles. The summed E-state index contributed by atoms with van der Waals surface area (Å²) in [5.41, 5.74) is -2.90. The molecule has 7 rings (SSSR count). The van der Waals surface area contributed by atoms with Crippen molar-refractivity contribution >= 4 is 16.1 Å². The first-order valence-electron chi connectivity index (χ1n) is 14.9. The van der Waals surface area contributed by atoms with E-state index in [2.05, 4.69) is 20.9 Å². The van der Waals surface area contributed by atoms with Gasteiger partial charge in [-0.2, -0.15) is 21.6 Å². The van der Waals surface area contributed by atoms with Crippen molar-refractivity contribution in [3.05, 3.63) is 46.8 Å². The molecule has 0 radical (unpaired) electrons. The van der Waals surface area contributed by atoms with Gasteiger partial charge in [-0.25, -0.2) is 9.97 Å². The quantitative estimate of drug-likeness (QED) is 0.347. The Bertz CT molecular complexity index is 1510. The third-order valence-corrected chi connectivity index (χ3v) is 11.6. The number of piperidine rings is 1. The third kappa shape index (κ3) is 4.03. The fourth-order valence-corrected chi connectivity index (χ4v) is 9.52. The molecular formula is C30H37F3N4O4S. The summed E-state index contributed by atoms with van der Waals surface area (Å²) in [5, 5.41) is 0. The Balaban J connectivity index is 1.36. The first kappa shape index (κ1) is 28.3. The number of aromatic nitrogens is 2. The van der Waals surface area contributed by atoms with Crippen LogP contribution in [0.5, 0.6) is 5.75 Å². The minimum absolute atomic E-state index is 0.0141. The maximum absolute atomic E-state index is 13.3. The number of benzene rings is 1. The highest BCUT2D eigenvalue weighted by Crippen LogP contribution is 2.68. The molecule has 12 heteroatoms. The maximum Gasteiger partial charge on any atom is 0.534 e. The van der Waals surface area contributed by atoms with Crippen LogP contribution in [0.2, 0.25) is 0 Å². The van der Waals surface area contributed by atoms with E-state index in [0.29, 0.717) is 18.3 Å². The van der Waals surface area contributed by atoms with Gasteiger partial charge in [-0.05, 0) is 101 Å². The van der Waals surface area contributed by atoms with Gasteiger partial charge < -0.3 is 13.8 Å². The number of hydrogen-bond donors (Lipinski definition) is 0. The number of hydrogen-bond acceptors (Lipinski definition) is 8. The van der Waals surface area contributed by atoms with Gasteiger partial charge >= 0.3 is 15.6 Å². The number of anilines is 1. The van der Waals surface area contributed by atoms with Crippen molar-refractivity contribution in [2.75, 3.05) is 25.0 Å². The van der Waals surface area contributed by atoms with Crippen LogP contribution in [0.15, 0.2) is 24.3 Å². The number of fused-ring (bicyclic) bond motifs is 1. The summed E-state index contributed by atoms with van der Waals surface area (Å²) in [7, 11) is -3.78. The zero-order valence-corrected chi connectivity index (χ0v) is 25.1. The molecule has 1 aromatic heterocycles. The van der Waals surface area contributed by atoms with Gasteiger partial charge in [-0.1, -0.05) is 6.07 Å². The average molecular weight is 607 g/mol. The number of rotatable bonds is 6. The molecule has 0 N–H and O–H groups in total. The first-order chi connectivity index (χ1) is 19.8. The summed E-state index contributed by atoms with van der Waals surface area (Å²) < 4.78 is 75.6. The van der Waals surface area contributed by atoms with Gasteiger partial charge in [-0.15, -0.1) is 0 Å². The molecule has 42 heavy (non-hydrogen) atoms. The predicted octanol–water partition coefficient (Wildman–Crippen LogP) is 4.67. The monoisotopic (exact) mass is 606 g/mol. The molecule has 2 aromatic rings. The van der Waals surface area contributed by atoms with E-state index in [9.17, 15) is 21.6 Å². The standard InChI is InChI=1S/C30H37F3N4O4S/c1-17-13-18(2)35-27(34-17)36(4)24-9-10-29-25-14-21-7-8-22(41-42(38,39)30(31,32)33)15-23(21)28(29,26(24)19(3)40-29)11-12-37(25)16-20-5-6-20/h7-8,13,15,19-20,24-26H,5-6,9-12,14,16H2,1-4H3/t19-,24?,25?,26?,28?,29?/m1/s1. The van der Waals surface area contributed by atoms with Crippen LogP contribution in [-0.2, 0) is 26.7 Å². The van der Waals surface area contributed by atoms with E-state index in [1.165, 1.54) is 18.9 Å². The molecule has 228 valence electrons. The lowest BCUT2D eigenvalue weighted by atomic mass is 9.46. The summed E-state index contributed by atoms with van der Waals surface area (Å²) in [6.45, 7) is 7.91. The zero-order valence-electron chi connectivity index (χ0n) is 24.3. The highest BCUT2D eigenvalue weighted by Gasteiger charge is 2.75. The molecule has 1 aromatic carbocycles. The highest BCUT2D eigenvalue weighted by atomic mass is 32.2. The second kappa shape index (κ2) is 9.28. The maximum atomic E-state index is 13.3. The SMILES string of the molecule is Cc1cc(C)nc(N(C)C2CCC34O[C@H](C)C2C32CCN(CC3CC3)C4Cc3ccc(OS(=O)(=O)C(F)(F)F)cc32)n1. The molecule has 2 aliphatic heterocycles. The summed E-state index contributed by atoms with van der Waals surface area (Å²) in [6, 6.07) is 6.79. The van der Waals surface area contributed by atoms with Crippen LogP contribution >= 0.6 is 0 Å². The molecule has 2 saturated carbocycles. The Hall–Kier alpha value is -2.44. The molecule has 4 fully saturated rings. The molecule has 4 bridgehead atoms. The van der Waals surface area contributed by atoms with Crippen LogP contribution < -0.4 is 9.08 Å². The molecule has 0 spiro atoms. The summed E-state index contributed by atoms with van der Waals surface area (Å²) in [6.07, 6.45) is 5.48. The van der Waals surface area contributed by atoms with E-state index in [1.54, 1.807) is 12.1 Å². The van der Waals surface area contributed by atoms with Crippen LogP contribution in [0.4, 0.5) is 19.1 Å². The van der Waals surface area contributed by atoms with E-state index in [0.717, 1.165) is 54.9 Å². The number of nitrogens with zero attached hydrogens (tertiary/aromatic N) is 4. The molecule has 5 aliphatic rings. The summed E-state index contributed by atoms with van der Waals surface area (Å²) in [4.78, 5) is 14.2. The lowest BCUT2D eigenvalue weighted by Crippen LogP contribution is -2.74. The van der Waals surface area contributed by atoms with E-state index < -0.39 is 26.6 Å². The molecular weight excluding hydrogens is 569 g/mol. The second-order valence-corrected chi connectivity index (χ2v) is 14.6. The fourth-order valence-electron chi connectivity index (χ4n) is 9.07. The van der Waals surface area contributed by atoms with Gasteiger partial charge in [0.1, 0.15) is 5.75 Å². The van der Waals surface area contributed by atoms with Crippen LogP contribution in [0.25, 0.3) is 0 Å². The minimum Gasteiger partial charge on any atom is -0.376 e. The Morgan fingerprint density at radius 1 is 1.12 bits per heavy atom. The Morgan fingerprint density at radius 2 is 1.83 bits per heavy atom. The largest absolute Gasteiger partial charge is 0.534 e. The van der Waals surface area contributed by atoms with Gasteiger partial charge in [0.2, 0.25) is 5.95 Å². The van der Waals surface area contributed by atoms with E-state index in [1.807, 2.05) is 27.0 Å². The van der Waals surface area contributed by atoms with Gasteiger partial charge in [0.05, 0.1) is 11.7 Å². The highest BCUT2D eigenvalue weighted by molar-refractivity contribution is 7.88. The van der Waals surface area contributed by atoms with Gasteiger partial charge in [0.25, 0.3) is 0 Å². The second-order valence-electron chi connectivity index (χ2n) is 13.1. The first-order valence-corrected chi connectivity index (χ1v) is 16.3. The third-order valence-electron chi connectivity index (χ3n) is 10.7. The van der Waals surface area contributed by atoms with Crippen LogP contribution in [0.1, 0.15) is 61.5 Å². The number of ether oxygens (including phenoxy) is 1. The lowest BCUT2D eigenvalue weighted by Gasteiger charge is -2.65. The molecule has 2 saturated heterocycles. The van der Waals surface area contributed by atoms with Crippen molar-refractivity contribution in [1.82, 2.24) is 14.9 Å². The molecule has 8 nitrogen and oxygen atoms in total. The van der Waals surface area contributed by atoms with E-state index >= 15 is 0 Å². The van der Waals surface area contributed by atoms with Crippen LogP contribution in [0.3, 0.4) is 0 Å². The van der Waals surface area contributed by atoms with Crippen LogP contribution in [0, 0.1) is 25.7 Å². The molecule has 6 atom stereocenters. The van der Waals surface area contributed by atoms with E-state index in [4.69, 9.17) is 14.7 Å². The average Bonchev–Trinajstić information content (AvgIpc) is 3.69. The van der Waals surface area contributed by atoms with Crippen molar-refractivity contribution in [3.63, 3.8) is 0 Å². The van der Waals surface area contributed by atoms with Gasteiger partial charge in [0.15, 0.2) is 0 Å².